The van der Waals surface area contributed by atoms with Crippen molar-refractivity contribution >= 4 is 27.7 Å². The third-order valence-corrected chi connectivity index (χ3v) is 3.20. The lowest BCUT2D eigenvalue weighted by Gasteiger charge is -2.15. The topological polar surface area (TPSA) is 80.8 Å². The molecule has 1 fully saturated rings. The van der Waals surface area contributed by atoms with Crippen molar-refractivity contribution in [3.8, 4) is 0 Å². The lowest BCUT2D eigenvalue weighted by atomic mass is 10.3. The van der Waals surface area contributed by atoms with Gasteiger partial charge in [-0.15, -0.1) is 5.10 Å². The van der Waals surface area contributed by atoms with E-state index in [1.54, 1.807) is 6.33 Å². The van der Waals surface area contributed by atoms with Crippen LogP contribution < -0.4 is 10.6 Å². The van der Waals surface area contributed by atoms with E-state index in [1.807, 2.05) is 0 Å². The molecule has 1 aliphatic rings. The van der Waals surface area contributed by atoms with Crippen LogP contribution >= 0.6 is 11.5 Å². The minimum Gasteiger partial charge on any atom is -0.353 e. The molecule has 1 atom stereocenters. The highest BCUT2D eigenvalue weighted by atomic mass is 32.1. The van der Waals surface area contributed by atoms with Gasteiger partial charge in [0.15, 0.2) is 16.2 Å². The first-order valence-corrected chi connectivity index (χ1v) is 5.55. The van der Waals surface area contributed by atoms with E-state index in [4.69, 9.17) is 5.73 Å². The largest absolute Gasteiger partial charge is 0.353 e. The molecule has 2 N–H and O–H groups in total. The van der Waals surface area contributed by atoms with Crippen LogP contribution in [0.2, 0.25) is 0 Å². The van der Waals surface area contributed by atoms with Crippen molar-refractivity contribution in [2.24, 2.45) is 5.73 Å². The molecule has 0 spiro atoms. The summed E-state index contributed by atoms with van der Waals surface area (Å²) in [7, 11) is 0. The number of hydrogen-bond acceptors (Lipinski definition) is 7. The number of rotatable bonds is 1. The van der Waals surface area contributed by atoms with Crippen LogP contribution in [0.25, 0.3) is 10.3 Å². The molecule has 0 bridgehead atoms. The zero-order valence-electron chi connectivity index (χ0n) is 8.00. The summed E-state index contributed by atoms with van der Waals surface area (Å²) in [6, 6.07) is 0.238. The molecule has 0 aliphatic carbocycles. The van der Waals surface area contributed by atoms with Crippen molar-refractivity contribution in [2.75, 3.05) is 18.0 Å². The summed E-state index contributed by atoms with van der Waals surface area (Å²) in [5.41, 5.74) is 6.65. The van der Waals surface area contributed by atoms with Crippen LogP contribution in [0.5, 0.6) is 0 Å². The Bertz CT molecular complexity index is 483. The number of aromatic nitrogens is 4. The maximum absolute atomic E-state index is 5.86. The van der Waals surface area contributed by atoms with Crippen LogP contribution in [0.1, 0.15) is 6.42 Å². The van der Waals surface area contributed by atoms with Gasteiger partial charge in [-0.3, -0.25) is 0 Å². The maximum Gasteiger partial charge on any atom is 0.169 e. The monoisotopic (exact) mass is 222 g/mol. The highest BCUT2D eigenvalue weighted by Crippen LogP contribution is 2.24. The lowest BCUT2D eigenvalue weighted by Crippen LogP contribution is -2.27. The number of hydrogen-bond donors (Lipinski definition) is 1. The minimum absolute atomic E-state index is 0.238. The van der Waals surface area contributed by atoms with Gasteiger partial charge < -0.3 is 10.6 Å². The molecular formula is C8H10N6S. The van der Waals surface area contributed by atoms with Crippen LogP contribution in [-0.2, 0) is 0 Å². The zero-order chi connectivity index (χ0) is 10.3. The SMILES string of the molecule is NC1CCN(c2ncnc3snnc23)C1. The molecule has 2 aromatic heterocycles. The van der Waals surface area contributed by atoms with Gasteiger partial charge in [0.25, 0.3) is 0 Å². The first-order chi connectivity index (χ1) is 7.34. The van der Waals surface area contributed by atoms with E-state index in [2.05, 4.69) is 24.5 Å². The van der Waals surface area contributed by atoms with Gasteiger partial charge in [-0.25, -0.2) is 9.97 Å². The third-order valence-electron chi connectivity index (χ3n) is 2.56. The molecule has 0 saturated carbocycles. The molecule has 3 rings (SSSR count). The molecule has 1 aliphatic heterocycles. The molecule has 15 heavy (non-hydrogen) atoms. The van der Waals surface area contributed by atoms with Gasteiger partial charge in [0, 0.05) is 30.7 Å². The Labute approximate surface area is 90.3 Å². The van der Waals surface area contributed by atoms with Crippen LogP contribution in [0, 0.1) is 0 Å². The molecular weight excluding hydrogens is 212 g/mol. The average Bonchev–Trinajstić information content (AvgIpc) is 2.84. The highest BCUT2D eigenvalue weighted by molar-refractivity contribution is 7.12. The van der Waals surface area contributed by atoms with E-state index < -0.39 is 0 Å². The van der Waals surface area contributed by atoms with E-state index in [0.717, 1.165) is 35.7 Å². The van der Waals surface area contributed by atoms with Gasteiger partial charge in [-0.1, -0.05) is 4.49 Å². The Morgan fingerprint density at radius 1 is 1.47 bits per heavy atom. The minimum atomic E-state index is 0.238. The molecule has 2 aromatic rings. The first kappa shape index (κ1) is 8.93. The van der Waals surface area contributed by atoms with Gasteiger partial charge in [0.05, 0.1) is 0 Å². The van der Waals surface area contributed by atoms with Gasteiger partial charge in [-0.05, 0) is 6.42 Å². The smallest absolute Gasteiger partial charge is 0.169 e. The predicted molar refractivity (Wildman–Crippen MR) is 57.8 cm³/mol. The van der Waals surface area contributed by atoms with Gasteiger partial charge in [0.1, 0.15) is 6.33 Å². The van der Waals surface area contributed by atoms with Crippen LogP contribution in [-0.4, -0.2) is 38.7 Å². The lowest BCUT2D eigenvalue weighted by molar-refractivity contribution is 0.751. The maximum atomic E-state index is 5.86. The Morgan fingerprint density at radius 2 is 2.40 bits per heavy atom. The third kappa shape index (κ3) is 1.44. The van der Waals surface area contributed by atoms with Crippen LogP contribution in [0.3, 0.4) is 0 Å². The zero-order valence-corrected chi connectivity index (χ0v) is 8.81. The standard InChI is InChI=1S/C8H10N6S/c9-5-1-2-14(3-5)7-6-8(11-4-10-7)15-13-12-6/h4-5H,1-3,9H2. The van der Waals surface area contributed by atoms with Gasteiger partial charge >= 0.3 is 0 Å². The number of nitrogens with zero attached hydrogens (tertiary/aromatic N) is 5. The van der Waals surface area contributed by atoms with Crippen molar-refractivity contribution in [3.63, 3.8) is 0 Å². The summed E-state index contributed by atoms with van der Waals surface area (Å²) >= 11 is 1.29. The summed E-state index contributed by atoms with van der Waals surface area (Å²) in [5, 5.41) is 4.05. The fourth-order valence-corrected chi connectivity index (χ4v) is 2.33. The summed E-state index contributed by atoms with van der Waals surface area (Å²) < 4.78 is 3.88. The molecule has 0 amide bonds. The summed E-state index contributed by atoms with van der Waals surface area (Å²) in [6.45, 7) is 1.77. The van der Waals surface area contributed by atoms with Crippen molar-refractivity contribution in [3.05, 3.63) is 6.33 Å². The number of nitrogens with two attached hydrogens (primary N) is 1. The quantitative estimate of drug-likeness (QED) is 0.732. The second kappa shape index (κ2) is 3.35. The van der Waals surface area contributed by atoms with Gasteiger partial charge in [-0.2, -0.15) is 0 Å². The van der Waals surface area contributed by atoms with Crippen molar-refractivity contribution in [1.82, 2.24) is 19.6 Å². The Hall–Kier alpha value is -1.34. The fraction of sp³-hybridized carbons (Fsp3) is 0.500. The average molecular weight is 222 g/mol. The van der Waals surface area contributed by atoms with Crippen molar-refractivity contribution in [1.29, 1.82) is 0 Å². The molecule has 1 unspecified atom stereocenters. The molecule has 7 heteroatoms. The molecule has 78 valence electrons. The highest BCUT2D eigenvalue weighted by Gasteiger charge is 2.23. The summed E-state index contributed by atoms with van der Waals surface area (Å²) in [4.78, 5) is 11.4. The van der Waals surface area contributed by atoms with E-state index in [-0.39, 0.29) is 6.04 Å². The first-order valence-electron chi connectivity index (χ1n) is 4.78. The van der Waals surface area contributed by atoms with E-state index in [0.29, 0.717) is 0 Å². The Morgan fingerprint density at radius 3 is 3.20 bits per heavy atom. The fourth-order valence-electron chi connectivity index (χ4n) is 1.82. The van der Waals surface area contributed by atoms with E-state index >= 15 is 0 Å². The van der Waals surface area contributed by atoms with Gasteiger partial charge in [0.2, 0.25) is 0 Å². The second-order valence-electron chi connectivity index (χ2n) is 3.62. The number of anilines is 1. The normalized spacial score (nSPS) is 21.4. The van der Waals surface area contributed by atoms with E-state index in [1.165, 1.54) is 11.5 Å². The van der Waals surface area contributed by atoms with Crippen molar-refractivity contribution in [2.45, 2.75) is 12.5 Å². The van der Waals surface area contributed by atoms with Crippen LogP contribution in [0.4, 0.5) is 5.82 Å². The van der Waals surface area contributed by atoms with E-state index in [9.17, 15) is 0 Å². The van der Waals surface area contributed by atoms with Crippen LogP contribution in [0.15, 0.2) is 6.33 Å². The molecule has 0 aromatic carbocycles. The Kier molecular flexibility index (Phi) is 2.00. The number of fused-ring (bicyclic) bond motifs is 1. The molecule has 3 heterocycles. The summed E-state index contributed by atoms with van der Waals surface area (Å²) in [5.74, 6) is 0.863. The molecule has 6 nitrogen and oxygen atoms in total. The predicted octanol–water partition coefficient (Wildman–Crippen LogP) is 0.0187. The van der Waals surface area contributed by atoms with Crippen molar-refractivity contribution < 1.29 is 0 Å². The Balaban J connectivity index is 2.06. The molecule has 0 radical (unpaired) electrons. The summed E-state index contributed by atoms with van der Waals surface area (Å²) in [6.07, 6.45) is 2.56. The molecule has 1 saturated heterocycles. The second-order valence-corrected chi connectivity index (χ2v) is 4.35.